The minimum atomic E-state index is 0.147. The van der Waals surface area contributed by atoms with Crippen molar-refractivity contribution in [3.05, 3.63) is 48.6 Å². The van der Waals surface area contributed by atoms with E-state index in [1.165, 1.54) is 19.0 Å². The van der Waals surface area contributed by atoms with Crippen LogP contribution in [0.25, 0.3) is 0 Å². The van der Waals surface area contributed by atoms with Crippen LogP contribution in [0, 0.1) is 5.92 Å². The average Bonchev–Trinajstić information content (AvgIpc) is 2.81. The third-order valence-corrected chi connectivity index (χ3v) is 5.84. The van der Waals surface area contributed by atoms with Gasteiger partial charge in [-0.15, -0.1) is 6.58 Å². The standard InChI is InChI=1S/C22H33N3O.C3H9N.CH5N/c1-2-3-7-19-10-16-25(17-11-19)22(26)23-21-12-14-24(15-13-21)18-20-8-5-4-6-9-20;1-4(2)3;1-2/h2,4-6,8-9,19,21H,1,3,7,10-18H2,(H,23,26);1-3H3;2H2,1H3. The van der Waals surface area contributed by atoms with E-state index in [0.717, 1.165) is 70.7 Å². The SMILES string of the molecule is C=CCCC1CCN(C(=O)NC2CCN(Cc3ccccc3)CC2)CC1.CN.CN(C)C. The van der Waals surface area contributed by atoms with Gasteiger partial charge in [0.1, 0.15) is 0 Å². The lowest BCUT2D eigenvalue weighted by Gasteiger charge is -2.36. The van der Waals surface area contributed by atoms with E-state index in [0.29, 0.717) is 6.04 Å². The van der Waals surface area contributed by atoms with Gasteiger partial charge in [-0.25, -0.2) is 4.79 Å². The maximum atomic E-state index is 12.5. The molecule has 0 aromatic heterocycles. The van der Waals surface area contributed by atoms with Gasteiger partial charge in [0.15, 0.2) is 0 Å². The number of benzene rings is 1. The first-order chi connectivity index (χ1) is 15.5. The van der Waals surface area contributed by atoms with Gasteiger partial charge in [-0.2, -0.15) is 0 Å². The predicted molar refractivity (Wildman–Crippen MR) is 137 cm³/mol. The molecule has 1 aromatic carbocycles. The zero-order valence-electron chi connectivity index (χ0n) is 20.9. The Morgan fingerprint density at radius 1 is 1.06 bits per heavy atom. The number of allylic oxidation sites excluding steroid dienone is 1. The van der Waals surface area contributed by atoms with Crippen LogP contribution in [0.15, 0.2) is 43.0 Å². The Morgan fingerprint density at radius 3 is 2.16 bits per heavy atom. The van der Waals surface area contributed by atoms with Gasteiger partial charge in [0, 0.05) is 38.8 Å². The number of hydrogen-bond acceptors (Lipinski definition) is 4. The summed E-state index contributed by atoms with van der Waals surface area (Å²) in [5, 5.41) is 3.28. The van der Waals surface area contributed by atoms with Crippen LogP contribution in [0.4, 0.5) is 4.79 Å². The fourth-order valence-electron chi connectivity index (χ4n) is 4.12. The van der Waals surface area contributed by atoms with Crippen LogP contribution in [-0.4, -0.2) is 81.1 Å². The van der Waals surface area contributed by atoms with Crippen LogP contribution in [0.2, 0.25) is 0 Å². The van der Waals surface area contributed by atoms with Gasteiger partial charge in [0.05, 0.1) is 0 Å². The van der Waals surface area contributed by atoms with Crippen LogP contribution in [0.3, 0.4) is 0 Å². The summed E-state index contributed by atoms with van der Waals surface area (Å²) < 4.78 is 0. The van der Waals surface area contributed by atoms with Gasteiger partial charge in [0.2, 0.25) is 0 Å². The van der Waals surface area contributed by atoms with Gasteiger partial charge >= 0.3 is 6.03 Å². The zero-order chi connectivity index (χ0) is 23.8. The summed E-state index contributed by atoms with van der Waals surface area (Å²) in [5.74, 6) is 0.762. The van der Waals surface area contributed by atoms with Crippen molar-refractivity contribution in [3.63, 3.8) is 0 Å². The number of piperidine rings is 2. The van der Waals surface area contributed by atoms with E-state index in [2.05, 4.69) is 52.9 Å². The number of nitrogens with zero attached hydrogens (tertiary/aromatic N) is 3. The maximum Gasteiger partial charge on any atom is 0.317 e. The van der Waals surface area contributed by atoms with Crippen LogP contribution >= 0.6 is 0 Å². The number of urea groups is 1. The second-order valence-electron chi connectivity index (χ2n) is 9.12. The van der Waals surface area contributed by atoms with E-state index in [1.807, 2.05) is 37.0 Å². The van der Waals surface area contributed by atoms with Gasteiger partial charge in [-0.1, -0.05) is 36.4 Å². The smallest absolute Gasteiger partial charge is 0.317 e. The van der Waals surface area contributed by atoms with E-state index >= 15 is 0 Å². The largest absolute Gasteiger partial charge is 0.335 e. The Morgan fingerprint density at radius 2 is 1.62 bits per heavy atom. The molecule has 2 aliphatic heterocycles. The topological polar surface area (TPSA) is 64.8 Å². The fraction of sp³-hybridized carbons (Fsp3) is 0.654. The van der Waals surface area contributed by atoms with Crippen molar-refractivity contribution in [1.29, 1.82) is 0 Å². The van der Waals surface area contributed by atoms with Gasteiger partial charge in [0.25, 0.3) is 0 Å². The molecule has 2 aliphatic rings. The van der Waals surface area contributed by atoms with E-state index in [1.54, 1.807) is 0 Å². The van der Waals surface area contributed by atoms with Crippen LogP contribution in [-0.2, 0) is 6.54 Å². The lowest BCUT2D eigenvalue weighted by molar-refractivity contribution is 0.151. The molecule has 0 unspecified atom stereocenters. The van der Waals surface area contributed by atoms with Crippen molar-refractivity contribution < 1.29 is 4.79 Å². The number of carbonyl (C=O) groups excluding carboxylic acids is 1. The molecule has 0 radical (unpaired) electrons. The van der Waals surface area contributed by atoms with Crippen molar-refractivity contribution in [3.8, 4) is 0 Å². The average molecular weight is 446 g/mol. The maximum absolute atomic E-state index is 12.5. The molecule has 1 aromatic rings. The lowest BCUT2D eigenvalue weighted by atomic mass is 9.92. The number of nitrogens with two attached hydrogens (primary N) is 1. The molecule has 3 rings (SSSR count). The van der Waals surface area contributed by atoms with Crippen molar-refractivity contribution >= 4 is 6.03 Å². The number of hydrogen-bond donors (Lipinski definition) is 2. The molecule has 2 saturated heterocycles. The number of likely N-dealkylation sites (tertiary alicyclic amines) is 2. The predicted octanol–water partition coefficient (Wildman–Crippen LogP) is 3.79. The van der Waals surface area contributed by atoms with E-state index in [4.69, 9.17) is 0 Å². The minimum Gasteiger partial charge on any atom is -0.335 e. The van der Waals surface area contributed by atoms with Crippen LogP contribution in [0.5, 0.6) is 0 Å². The number of carbonyl (C=O) groups is 1. The van der Waals surface area contributed by atoms with Crippen LogP contribution in [0.1, 0.15) is 44.1 Å². The van der Waals surface area contributed by atoms with Gasteiger partial charge in [-0.05, 0) is 78.2 Å². The minimum absolute atomic E-state index is 0.147. The molecule has 0 spiro atoms. The second-order valence-corrected chi connectivity index (χ2v) is 9.12. The summed E-state index contributed by atoms with van der Waals surface area (Å²) in [7, 11) is 7.50. The lowest BCUT2D eigenvalue weighted by Crippen LogP contribution is -2.50. The Hall–Kier alpha value is -1.89. The summed E-state index contributed by atoms with van der Waals surface area (Å²) in [6.07, 6.45) is 8.69. The first kappa shape index (κ1) is 28.1. The molecule has 6 nitrogen and oxygen atoms in total. The third kappa shape index (κ3) is 11.7. The molecule has 32 heavy (non-hydrogen) atoms. The highest BCUT2D eigenvalue weighted by molar-refractivity contribution is 5.74. The monoisotopic (exact) mass is 445 g/mol. The first-order valence-electron chi connectivity index (χ1n) is 12.1. The Balaban J connectivity index is 0.000000769. The molecule has 0 atom stereocenters. The number of rotatable bonds is 6. The summed E-state index contributed by atoms with van der Waals surface area (Å²) >= 11 is 0. The second kappa shape index (κ2) is 16.7. The van der Waals surface area contributed by atoms with E-state index < -0.39 is 0 Å². The highest BCUT2D eigenvalue weighted by Gasteiger charge is 2.26. The van der Waals surface area contributed by atoms with Crippen molar-refractivity contribution in [2.75, 3.05) is 54.4 Å². The van der Waals surface area contributed by atoms with E-state index in [-0.39, 0.29) is 6.03 Å². The van der Waals surface area contributed by atoms with Gasteiger partial charge < -0.3 is 20.9 Å². The fourth-order valence-corrected chi connectivity index (χ4v) is 4.12. The Labute approximate surface area is 196 Å². The highest BCUT2D eigenvalue weighted by Crippen LogP contribution is 2.22. The van der Waals surface area contributed by atoms with Crippen LogP contribution < -0.4 is 11.1 Å². The quantitative estimate of drug-likeness (QED) is 0.654. The molecular weight excluding hydrogens is 398 g/mol. The molecule has 2 fully saturated rings. The van der Waals surface area contributed by atoms with E-state index in [9.17, 15) is 4.79 Å². The molecule has 182 valence electrons. The van der Waals surface area contributed by atoms with Crippen molar-refractivity contribution in [1.82, 2.24) is 20.0 Å². The molecule has 2 amide bonds. The van der Waals surface area contributed by atoms with Crippen molar-refractivity contribution in [2.24, 2.45) is 11.7 Å². The Bertz CT molecular complexity index is 603. The summed E-state index contributed by atoms with van der Waals surface area (Å²) in [5.41, 5.74) is 5.87. The zero-order valence-corrected chi connectivity index (χ0v) is 20.9. The normalized spacial score (nSPS) is 17.6. The molecular formula is C26H47N5O. The molecule has 2 heterocycles. The number of amides is 2. The van der Waals surface area contributed by atoms with Gasteiger partial charge in [-0.3, -0.25) is 4.90 Å². The summed E-state index contributed by atoms with van der Waals surface area (Å²) in [6.45, 7) is 8.74. The summed E-state index contributed by atoms with van der Waals surface area (Å²) in [6, 6.07) is 11.1. The molecule has 0 aliphatic carbocycles. The first-order valence-corrected chi connectivity index (χ1v) is 12.1. The molecule has 0 saturated carbocycles. The molecule has 3 N–H and O–H groups in total. The molecule has 0 bridgehead atoms. The Kier molecular flexibility index (Phi) is 14.7. The highest BCUT2D eigenvalue weighted by atomic mass is 16.2. The third-order valence-electron chi connectivity index (χ3n) is 5.84. The molecule has 6 heteroatoms. The summed E-state index contributed by atoms with van der Waals surface area (Å²) in [4.78, 5) is 19.0. The number of nitrogens with one attached hydrogen (secondary N) is 1. The van der Waals surface area contributed by atoms with Crippen molar-refractivity contribution in [2.45, 2.75) is 51.1 Å².